The minimum absolute atomic E-state index is 0.223. The molecule has 1 N–H and O–H groups in total. The summed E-state index contributed by atoms with van der Waals surface area (Å²) < 4.78 is 18.4. The molecule has 1 aliphatic rings. The number of aliphatic hydroxyl groups excluding tert-OH is 1. The Morgan fingerprint density at radius 2 is 2.29 bits per heavy atom. The van der Waals surface area contributed by atoms with E-state index in [1.54, 1.807) is 0 Å². The molecule has 4 heteroatoms. The van der Waals surface area contributed by atoms with E-state index in [2.05, 4.69) is 0 Å². The summed E-state index contributed by atoms with van der Waals surface area (Å²) in [6.07, 6.45) is 0.640. The Morgan fingerprint density at radius 1 is 1.50 bits per heavy atom. The molecule has 0 unspecified atom stereocenters. The van der Waals surface area contributed by atoms with Gasteiger partial charge in [-0.25, -0.2) is 4.39 Å². The second kappa shape index (κ2) is 3.75. The van der Waals surface area contributed by atoms with Gasteiger partial charge in [0.15, 0.2) is 0 Å². The highest BCUT2D eigenvalue weighted by Gasteiger charge is 2.20. The summed E-state index contributed by atoms with van der Waals surface area (Å²) in [6, 6.07) is 2.47. The molecule has 0 aliphatic carbocycles. The third-order valence-electron chi connectivity index (χ3n) is 2.26. The maximum absolute atomic E-state index is 13.0. The van der Waals surface area contributed by atoms with Crippen molar-refractivity contribution in [1.82, 2.24) is 0 Å². The van der Waals surface area contributed by atoms with E-state index in [1.807, 2.05) is 0 Å². The summed E-state index contributed by atoms with van der Waals surface area (Å²) in [4.78, 5) is 0. The van der Waals surface area contributed by atoms with Gasteiger partial charge in [0, 0.05) is 5.56 Å². The van der Waals surface area contributed by atoms with Crippen LogP contribution in [0.4, 0.5) is 4.39 Å². The Kier molecular flexibility index (Phi) is 2.61. The number of aliphatic hydroxyl groups is 1. The summed E-state index contributed by atoms with van der Waals surface area (Å²) in [5.74, 6) is -0.0311. The SMILES string of the molecule is O[C@@H]1CCCOc2c(Cl)cc(F)cc21. The number of hydrogen-bond donors (Lipinski definition) is 1. The van der Waals surface area contributed by atoms with Crippen molar-refractivity contribution >= 4 is 11.6 Å². The van der Waals surface area contributed by atoms with Gasteiger partial charge in [-0.1, -0.05) is 11.6 Å². The van der Waals surface area contributed by atoms with Crippen LogP contribution in [-0.4, -0.2) is 11.7 Å². The van der Waals surface area contributed by atoms with Gasteiger partial charge in [0.1, 0.15) is 11.6 Å². The van der Waals surface area contributed by atoms with Crippen LogP contribution in [0.25, 0.3) is 0 Å². The molecule has 0 fully saturated rings. The van der Waals surface area contributed by atoms with Gasteiger partial charge in [-0.2, -0.15) is 0 Å². The van der Waals surface area contributed by atoms with E-state index in [0.29, 0.717) is 24.3 Å². The lowest BCUT2D eigenvalue weighted by molar-refractivity contribution is 0.167. The van der Waals surface area contributed by atoms with Crippen molar-refractivity contribution in [1.29, 1.82) is 0 Å². The molecule has 0 radical (unpaired) electrons. The molecule has 1 aromatic carbocycles. The molecule has 1 atom stereocenters. The molecule has 0 saturated carbocycles. The number of hydrogen-bond acceptors (Lipinski definition) is 2. The molecule has 2 rings (SSSR count). The van der Waals surface area contributed by atoms with Crippen molar-refractivity contribution in [2.24, 2.45) is 0 Å². The number of rotatable bonds is 0. The van der Waals surface area contributed by atoms with E-state index in [-0.39, 0.29) is 5.02 Å². The third-order valence-corrected chi connectivity index (χ3v) is 2.55. The van der Waals surface area contributed by atoms with Crippen molar-refractivity contribution in [2.75, 3.05) is 6.61 Å². The fraction of sp³-hybridized carbons (Fsp3) is 0.400. The van der Waals surface area contributed by atoms with E-state index in [1.165, 1.54) is 12.1 Å². The first-order valence-electron chi connectivity index (χ1n) is 4.48. The average Bonchev–Trinajstić information content (AvgIpc) is 2.29. The molecule has 0 amide bonds. The van der Waals surface area contributed by atoms with E-state index in [4.69, 9.17) is 16.3 Å². The van der Waals surface area contributed by atoms with Crippen molar-refractivity contribution in [3.63, 3.8) is 0 Å². The summed E-state index contributed by atoms with van der Waals surface area (Å²) in [5.41, 5.74) is 0.451. The fourth-order valence-electron chi connectivity index (χ4n) is 1.59. The third kappa shape index (κ3) is 1.70. The minimum Gasteiger partial charge on any atom is -0.492 e. The summed E-state index contributed by atoms with van der Waals surface area (Å²) in [6.45, 7) is 0.509. The van der Waals surface area contributed by atoms with Crippen molar-refractivity contribution in [2.45, 2.75) is 18.9 Å². The molecular weight excluding hydrogens is 207 g/mol. The zero-order chi connectivity index (χ0) is 10.1. The standard InChI is InChI=1S/C10H10ClFO2/c11-8-5-6(12)4-7-9(13)2-1-3-14-10(7)8/h4-5,9,13H,1-3H2/t9-/m1/s1. The van der Waals surface area contributed by atoms with Crippen LogP contribution in [-0.2, 0) is 0 Å². The predicted octanol–water partition coefficient (Wildman–Crippen LogP) is 2.69. The normalized spacial score (nSPS) is 20.9. The number of ether oxygens (including phenoxy) is 1. The number of benzene rings is 1. The van der Waals surface area contributed by atoms with Crippen LogP contribution in [0.5, 0.6) is 5.75 Å². The maximum atomic E-state index is 13.0. The molecule has 0 bridgehead atoms. The molecule has 0 saturated heterocycles. The van der Waals surface area contributed by atoms with Gasteiger partial charge < -0.3 is 9.84 Å². The fourth-order valence-corrected chi connectivity index (χ4v) is 1.85. The smallest absolute Gasteiger partial charge is 0.143 e. The topological polar surface area (TPSA) is 29.5 Å². The van der Waals surface area contributed by atoms with Gasteiger partial charge in [0.25, 0.3) is 0 Å². The molecule has 2 nitrogen and oxygen atoms in total. The van der Waals surface area contributed by atoms with E-state index < -0.39 is 11.9 Å². The van der Waals surface area contributed by atoms with E-state index in [0.717, 1.165) is 6.42 Å². The van der Waals surface area contributed by atoms with Gasteiger partial charge in [-0.3, -0.25) is 0 Å². The van der Waals surface area contributed by atoms with Crippen LogP contribution in [0, 0.1) is 5.82 Å². The van der Waals surface area contributed by atoms with Gasteiger partial charge in [0.05, 0.1) is 17.7 Å². The molecule has 1 aromatic rings. The Morgan fingerprint density at radius 3 is 3.07 bits per heavy atom. The van der Waals surface area contributed by atoms with Crippen LogP contribution in [0.1, 0.15) is 24.5 Å². The molecule has 0 spiro atoms. The average molecular weight is 217 g/mol. The zero-order valence-electron chi connectivity index (χ0n) is 7.46. The van der Waals surface area contributed by atoms with Crippen LogP contribution in [0.3, 0.4) is 0 Å². The van der Waals surface area contributed by atoms with Crippen molar-refractivity contribution < 1.29 is 14.2 Å². The molecule has 14 heavy (non-hydrogen) atoms. The Hall–Kier alpha value is -0.800. The van der Waals surface area contributed by atoms with Crippen LogP contribution < -0.4 is 4.74 Å². The highest BCUT2D eigenvalue weighted by Crippen LogP contribution is 2.37. The molecule has 0 aromatic heterocycles. The summed E-state index contributed by atoms with van der Waals surface area (Å²) >= 11 is 5.81. The summed E-state index contributed by atoms with van der Waals surface area (Å²) in [7, 11) is 0. The second-order valence-electron chi connectivity index (χ2n) is 3.31. The zero-order valence-corrected chi connectivity index (χ0v) is 8.22. The monoisotopic (exact) mass is 216 g/mol. The van der Waals surface area contributed by atoms with Crippen LogP contribution >= 0.6 is 11.6 Å². The van der Waals surface area contributed by atoms with Gasteiger partial charge in [-0.05, 0) is 25.0 Å². The Balaban J connectivity index is 2.53. The lowest BCUT2D eigenvalue weighted by atomic mass is 10.1. The minimum atomic E-state index is -0.680. The van der Waals surface area contributed by atoms with Gasteiger partial charge in [0.2, 0.25) is 0 Å². The highest BCUT2D eigenvalue weighted by atomic mass is 35.5. The van der Waals surface area contributed by atoms with Crippen molar-refractivity contribution in [3.05, 3.63) is 28.5 Å². The van der Waals surface area contributed by atoms with E-state index in [9.17, 15) is 9.50 Å². The number of halogens is 2. The first-order chi connectivity index (χ1) is 6.68. The second-order valence-corrected chi connectivity index (χ2v) is 3.72. The first-order valence-corrected chi connectivity index (χ1v) is 4.86. The number of fused-ring (bicyclic) bond motifs is 1. The van der Waals surface area contributed by atoms with Crippen molar-refractivity contribution in [3.8, 4) is 5.75 Å². The molecular formula is C10H10ClFO2. The van der Waals surface area contributed by atoms with E-state index >= 15 is 0 Å². The quantitative estimate of drug-likeness (QED) is 0.723. The predicted molar refractivity (Wildman–Crippen MR) is 51.1 cm³/mol. The van der Waals surface area contributed by atoms with Crippen LogP contribution in [0.2, 0.25) is 5.02 Å². The van der Waals surface area contributed by atoms with Gasteiger partial charge in [-0.15, -0.1) is 0 Å². The lowest BCUT2D eigenvalue weighted by Crippen LogP contribution is -1.98. The lowest BCUT2D eigenvalue weighted by Gasteiger charge is -2.12. The Bertz CT molecular complexity index is 354. The largest absolute Gasteiger partial charge is 0.492 e. The maximum Gasteiger partial charge on any atom is 0.143 e. The molecule has 1 aliphatic heterocycles. The van der Waals surface area contributed by atoms with Crippen LogP contribution in [0.15, 0.2) is 12.1 Å². The summed E-state index contributed by atoms with van der Waals surface area (Å²) in [5, 5.41) is 9.91. The first kappa shape index (κ1) is 9.74. The molecule has 1 heterocycles. The Labute approximate surface area is 86.3 Å². The molecule has 76 valence electrons. The van der Waals surface area contributed by atoms with Gasteiger partial charge >= 0.3 is 0 Å². The highest BCUT2D eigenvalue weighted by molar-refractivity contribution is 6.32.